The van der Waals surface area contributed by atoms with Crippen LogP contribution in [-0.2, 0) is 0 Å². The number of hydrogen-bond acceptors (Lipinski definition) is 5. The van der Waals surface area contributed by atoms with Crippen molar-refractivity contribution >= 4 is 29.1 Å². The lowest BCUT2D eigenvalue weighted by atomic mass is 10.0. The zero-order valence-corrected chi connectivity index (χ0v) is 17.1. The van der Waals surface area contributed by atoms with Crippen LogP contribution in [0.25, 0.3) is 0 Å². The fourth-order valence-corrected chi connectivity index (χ4v) is 3.90. The Morgan fingerprint density at radius 3 is 2.77 bits per heavy atom. The normalized spacial score (nSPS) is 18.5. The second-order valence-corrected chi connectivity index (χ2v) is 8.02. The second kappa shape index (κ2) is 7.82. The standard InChI is InChI=1S/C21H22F3N5O2/c1-12-5-7-25-18(9-12)27-20(31)29-14-6-8-28(11-14)16-4-3-15(26-19(16)29)17(30)10-13(2)21(22,23)24/h3-5,7,9,13-14H,6,8,10-11H2,1-2H3,(H,25,27,31)/t13-,14-/m0/s1. The summed E-state index contributed by atoms with van der Waals surface area (Å²) in [7, 11) is 0. The molecule has 2 aromatic heterocycles. The number of fused-ring (bicyclic) bond motifs is 4. The molecule has 0 aliphatic carbocycles. The lowest BCUT2D eigenvalue weighted by Gasteiger charge is -2.35. The Morgan fingerprint density at radius 2 is 2.06 bits per heavy atom. The number of alkyl halides is 3. The Labute approximate surface area is 177 Å². The lowest BCUT2D eigenvalue weighted by Crippen LogP contribution is -2.48. The number of hydrogen-bond donors (Lipinski definition) is 1. The minimum absolute atomic E-state index is 0.0798. The van der Waals surface area contributed by atoms with E-state index in [9.17, 15) is 22.8 Å². The number of carbonyl (C=O) groups is 2. The molecule has 0 saturated carbocycles. The zero-order chi connectivity index (χ0) is 22.3. The van der Waals surface area contributed by atoms with E-state index < -0.39 is 30.3 Å². The highest BCUT2D eigenvalue weighted by Gasteiger charge is 2.41. The molecule has 2 aliphatic heterocycles. The highest BCUT2D eigenvalue weighted by molar-refractivity contribution is 6.05. The first-order valence-electron chi connectivity index (χ1n) is 10.0. The molecular formula is C21H22F3N5O2. The zero-order valence-electron chi connectivity index (χ0n) is 17.1. The Balaban J connectivity index is 1.63. The first-order valence-corrected chi connectivity index (χ1v) is 10.0. The summed E-state index contributed by atoms with van der Waals surface area (Å²) < 4.78 is 38.6. The molecule has 4 rings (SSSR count). The number of aromatic nitrogens is 2. The molecule has 7 nitrogen and oxygen atoms in total. The summed E-state index contributed by atoms with van der Waals surface area (Å²) in [6.07, 6.45) is -2.84. The Hall–Kier alpha value is -3.17. The molecule has 1 saturated heterocycles. The Kier molecular flexibility index (Phi) is 5.32. The Morgan fingerprint density at radius 1 is 1.29 bits per heavy atom. The van der Waals surface area contributed by atoms with Crippen molar-refractivity contribution in [3.8, 4) is 0 Å². The van der Waals surface area contributed by atoms with Gasteiger partial charge in [0.25, 0.3) is 0 Å². The molecule has 1 fully saturated rings. The quantitative estimate of drug-likeness (QED) is 0.732. The minimum atomic E-state index is -4.46. The maximum atomic E-state index is 13.1. The smallest absolute Gasteiger partial charge is 0.366 e. The Bertz CT molecular complexity index is 1030. The molecule has 0 spiro atoms. The number of ketones is 1. The maximum absolute atomic E-state index is 13.1. The monoisotopic (exact) mass is 433 g/mol. The molecular weight excluding hydrogens is 411 g/mol. The fraction of sp³-hybridized carbons (Fsp3) is 0.429. The van der Waals surface area contributed by atoms with Gasteiger partial charge in [-0.3, -0.25) is 15.0 Å². The molecule has 31 heavy (non-hydrogen) atoms. The van der Waals surface area contributed by atoms with Crippen LogP contribution in [-0.4, -0.2) is 47.1 Å². The molecule has 2 aromatic rings. The SMILES string of the molecule is Cc1ccnc(NC(=O)N2c3nc(C(=O)C[C@H](C)C(F)(F)F)ccc3N3CC[C@H]2C3)c1. The number of urea groups is 1. The third-order valence-corrected chi connectivity index (χ3v) is 5.66. The van der Waals surface area contributed by atoms with Gasteiger partial charge < -0.3 is 4.90 Å². The van der Waals surface area contributed by atoms with Gasteiger partial charge in [-0.1, -0.05) is 6.92 Å². The fourth-order valence-electron chi connectivity index (χ4n) is 3.90. The minimum Gasteiger partial charge on any atom is -0.366 e. The molecule has 164 valence electrons. The van der Waals surface area contributed by atoms with Crippen LogP contribution in [0.5, 0.6) is 0 Å². The molecule has 4 heterocycles. The summed E-state index contributed by atoms with van der Waals surface area (Å²) in [6.45, 7) is 4.20. The molecule has 2 amide bonds. The van der Waals surface area contributed by atoms with Crippen molar-refractivity contribution in [1.29, 1.82) is 0 Å². The van der Waals surface area contributed by atoms with E-state index in [0.29, 0.717) is 18.1 Å². The van der Waals surface area contributed by atoms with Gasteiger partial charge in [0.05, 0.1) is 17.6 Å². The van der Waals surface area contributed by atoms with Crippen molar-refractivity contribution < 1.29 is 22.8 Å². The number of nitrogens with one attached hydrogen (secondary N) is 1. The third kappa shape index (κ3) is 4.19. The molecule has 2 bridgehead atoms. The molecule has 10 heteroatoms. The number of anilines is 3. The third-order valence-electron chi connectivity index (χ3n) is 5.66. The molecule has 0 radical (unpaired) electrons. The largest absolute Gasteiger partial charge is 0.391 e. The van der Waals surface area contributed by atoms with Gasteiger partial charge in [0.1, 0.15) is 11.5 Å². The summed E-state index contributed by atoms with van der Waals surface area (Å²) in [5.41, 5.74) is 1.53. The van der Waals surface area contributed by atoms with E-state index in [1.54, 1.807) is 18.3 Å². The number of rotatable bonds is 4. The number of Topliss-reactive ketones (excluding diaryl/α,β-unsaturated/α-hetero) is 1. The van der Waals surface area contributed by atoms with Crippen LogP contribution in [0, 0.1) is 12.8 Å². The van der Waals surface area contributed by atoms with Gasteiger partial charge in [-0.15, -0.1) is 0 Å². The second-order valence-electron chi connectivity index (χ2n) is 8.02. The average molecular weight is 433 g/mol. The van der Waals surface area contributed by atoms with Crippen LogP contribution >= 0.6 is 0 Å². The van der Waals surface area contributed by atoms with E-state index in [4.69, 9.17) is 0 Å². The summed E-state index contributed by atoms with van der Waals surface area (Å²) in [5, 5.41) is 2.76. The summed E-state index contributed by atoms with van der Waals surface area (Å²) >= 11 is 0. The first-order chi connectivity index (χ1) is 14.6. The van der Waals surface area contributed by atoms with E-state index in [2.05, 4.69) is 20.2 Å². The van der Waals surface area contributed by atoms with Gasteiger partial charge in [0.15, 0.2) is 11.6 Å². The van der Waals surface area contributed by atoms with Gasteiger partial charge in [-0.25, -0.2) is 14.8 Å². The van der Waals surface area contributed by atoms with Crippen molar-refractivity contribution in [2.75, 3.05) is 28.2 Å². The maximum Gasteiger partial charge on any atom is 0.391 e. The van der Waals surface area contributed by atoms with Crippen molar-refractivity contribution in [2.45, 2.75) is 38.9 Å². The topological polar surface area (TPSA) is 78.4 Å². The number of carbonyl (C=O) groups excluding carboxylic acids is 2. The summed E-state index contributed by atoms with van der Waals surface area (Å²) in [4.78, 5) is 37.6. The van der Waals surface area contributed by atoms with Gasteiger partial charge in [-0.05, 0) is 43.2 Å². The summed E-state index contributed by atoms with van der Waals surface area (Å²) in [6, 6.07) is 6.04. The van der Waals surface area contributed by atoms with Gasteiger partial charge >= 0.3 is 12.2 Å². The van der Waals surface area contributed by atoms with Crippen molar-refractivity contribution in [3.63, 3.8) is 0 Å². The molecule has 2 atom stereocenters. The number of aryl methyl sites for hydroxylation is 1. The molecule has 0 aromatic carbocycles. The van der Waals surface area contributed by atoms with Crippen LogP contribution in [0.15, 0.2) is 30.5 Å². The molecule has 1 N–H and O–H groups in total. The molecule has 0 unspecified atom stereocenters. The number of halogens is 3. The van der Waals surface area contributed by atoms with E-state index in [-0.39, 0.29) is 17.6 Å². The van der Waals surface area contributed by atoms with Crippen molar-refractivity contribution in [3.05, 3.63) is 41.7 Å². The van der Waals surface area contributed by atoms with E-state index >= 15 is 0 Å². The predicted molar refractivity (Wildman–Crippen MR) is 109 cm³/mol. The van der Waals surface area contributed by atoms with Gasteiger partial charge in [-0.2, -0.15) is 13.2 Å². The van der Waals surface area contributed by atoms with Crippen LogP contribution < -0.4 is 15.1 Å². The van der Waals surface area contributed by atoms with E-state index in [0.717, 1.165) is 25.5 Å². The molecule has 2 aliphatic rings. The highest BCUT2D eigenvalue weighted by atomic mass is 19.4. The predicted octanol–water partition coefficient (Wildman–Crippen LogP) is 4.19. The van der Waals surface area contributed by atoms with Crippen LogP contribution in [0.3, 0.4) is 0 Å². The van der Waals surface area contributed by atoms with Gasteiger partial charge in [0.2, 0.25) is 0 Å². The summed E-state index contributed by atoms with van der Waals surface area (Å²) in [5.74, 6) is -1.81. The van der Waals surface area contributed by atoms with Crippen molar-refractivity contribution in [1.82, 2.24) is 9.97 Å². The first kappa shape index (κ1) is 21.1. The van der Waals surface area contributed by atoms with Crippen molar-refractivity contribution in [2.24, 2.45) is 5.92 Å². The number of amides is 2. The van der Waals surface area contributed by atoms with Gasteiger partial charge in [0, 0.05) is 25.7 Å². The van der Waals surface area contributed by atoms with Crippen LogP contribution in [0.4, 0.5) is 35.3 Å². The van der Waals surface area contributed by atoms with Crippen LogP contribution in [0.2, 0.25) is 0 Å². The highest BCUT2D eigenvalue weighted by Crippen LogP contribution is 2.39. The van der Waals surface area contributed by atoms with Crippen LogP contribution in [0.1, 0.15) is 35.8 Å². The number of nitrogens with zero attached hydrogens (tertiary/aromatic N) is 4. The van der Waals surface area contributed by atoms with E-state index in [1.165, 1.54) is 11.0 Å². The van der Waals surface area contributed by atoms with E-state index in [1.807, 2.05) is 13.0 Å². The average Bonchev–Trinajstić information content (AvgIpc) is 3.11. The number of pyridine rings is 2. The lowest BCUT2D eigenvalue weighted by molar-refractivity contribution is -0.168.